The first-order chi connectivity index (χ1) is 13.0. The van der Waals surface area contributed by atoms with Crippen LogP contribution < -0.4 is 10.6 Å². The van der Waals surface area contributed by atoms with Crippen molar-refractivity contribution < 1.29 is 27.7 Å². The molecule has 0 heterocycles. The molecule has 0 unspecified atom stereocenters. The Morgan fingerprint density at radius 2 is 1.86 bits per heavy atom. The van der Waals surface area contributed by atoms with Crippen molar-refractivity contribution in [1.82, 2.24) is 5.32 Å². The third-order valence-electron chi connectivity index (χ3n) is 3.63. The molecule has 2 rings (SSSR count). The SMILES string of the molecule is Cc1ccc(C(=O)NCC(=O)Nc2ccc(Br)c(C(F)(F)F)c2)cc1[N+](=O)[O-]. The Balaban J connectivity index is 2.02. The van der Waals surface area contributed by atoms with Crippen LogP contribution in [0.25, 0.3) is 0 Å². The van der Waals surface area contributed by atoms with E-state index in [0.29, 0.717) is 5.56 Å². The number of carbonyl (C=O) groups is 2. The summed E-state index contributed by atoms with van der Waals surface area (Å²) >= 11 is 2.79. The Kier molecular flexibility index (Phi) is 6.39. The molecule has 2 aromatic carbocycles. The van der Waals surface area contributed by atoms with Gasteiger partial charge < -0.3 is 10.6 Å². The molecule has 2 aromatic rings. The van der Waals surface area contributed by atoms with Gasteiger partial charge in [-0.15, -0.1) is 0 Å². The minimum absolute atomic E-state index is 0.0203. The van der Waals surface area contributed by atoms with E-state index in [1.54, 1.807) is 0 Å². The third-order valence-corrected chi connectivity index (χ3v) is 4.32. The van der Waals surface area contributed by atoms with Crippen LogP contribution in [0.5, 0.6) is 0 Å². The van der Waals surface area contributed by atoms with E-state index in [4.69, 9.17) is 0 Å². The standard InChI is InChI=1S/C17H13BrF3N3O4/c1-9-2-3-10(6-14(9)24(27)28)16(26)22-8-15(25)23-11-4-5-13(18)12(7-11)17(19,20)21/h2-7H,8H2,1H3,(H,22,26)(H,23,25). The number of alkyl halides is 3. The number of halogens is 4. The normalized spacial score (nSPS) is 11.0. The maximum Gasteiger partial charge on any atom is 0.417 e. The van der Waals surface area contributed by atoms with Gasteiger partial charge in [-0.2, -0.15) is 13.2 Å². The number of nitrogens with one attached hydrogen (secondary N) is 2. The number of hydrogen-bond acceptors (Lipinski definition) is 4. The highest BCUT2D eigenvalue weighted by Gasteiger charge is 2.33. The minimum Gasteiger partial charge on any atom is -0.343 e. The number of carbonyl (C=O) groups excluding carboxylic acids is 2. The first-order valence-electron chi connectivity index (χ1n) is 7.69. The average Bonchev–Trinajstić information content (AvgIpc) is 2.60. The van der Waals surface area contributed by atoms with Crippen LogP contribution >= 0.6 is 15.9 Å². The molecule has 0 spiro atoms. The second kappa shape index (κ2) is 8.38. The van der Waals surface area contributed by atoms with Gasteiger partial charge in [0.2, 0.25) is 5.91 Å². The van der Waals surface area contributed by atoms with E-state index < -0.39 is 35.0 Å². The van der Waals surface area contributed by atoms with Crippen LogP contribution in [0.4, 0.5) is 24.5 Å². The average molecular weight is 460 g/mol. The van der Waals surface area contributed by atoms with Crippen LogP contribution in [0, 0.1) is 17.0 Å². The van der Waals surface area contributed by atoms with Crippen LogP contribution in [-0.4, -0.2) is 23.3 Å². The maximum atomic E-state index is 12.9. The quantitative estimate of drug-likeness (QED) is 0.519. The lowest BCUT2D eigenvalue weighted by Crippen LogP contribution is -2.33. The zero-order valence-electron chi connectivity index (χ0n) is 14.3. The topological polar surface area (TPSA) is 101 Å². The zero-order valence-corrected chi connectivity index (χ0v) is 15.8. The summed E-state index contributed by atoms with van der Waals surface area (Å²) in [6.45, 7) is 0.985. The monoisotopic (exact) mass is 459 g/mol. The fourth-order valence-electron chi connectivity index (χ4n) is 2.24. The van der Waals surface area contributed by atoms with Crippen LogP contribution in [0.2, 0.25) is 0 Å². The Hall–Kier alpha value is -2.95. The first-order valence-corrected chi connectivity index (χ1v) is 8.48. The molecule has 2 N–H and O–H groups in total. The predicted molar refractivity (Wildman–Crippen MR) is 97.9 cm³/mol. The molecule has 0 aliphatic carbocycles. The van der Waals surface area contributed by atoms with Crippen molar-refractivity contribution in [2.45, 2.75) is 13.1 Å². The molecule has 28 heavy (non-hydrogen) atoms. The molecule has 0 aromatic heterocycles. The van der Waals surface area contributed by atoms with E-state index >= 15 is 0 Å². The molecule has 0 saturated heterocycles. The van der Waals surface area contributed by atoms with Crippen molar-refractivity contribution in [3.05, 3.63) is 67.7 Å². The van der Waals surface area contributed by atoms with Gasteiger partial charge in [0.05, 0.1) is 17.0 Å². The molecule has 0 fully saturated rings. The van der Waals surface area contributed by atoms with E-state index in [-0.39, 0.29) is 21.4 Å². The van der Waals surface area contributed by atoms with Crippen molar-refractivity contribution in [3.63, 3.8) is 0 Å². The van der Waals surface area contributed by atoms with Crippen molar-refractivity contribution in [3.8, 4) is 0 Å². The highest BCUT2D eigenvalue weighted by Crippen LogP contribution is 2.36. The first kappa shape index (κ1) is 21.4. The molecular formula is C17H13BrF3N3O4. The fraction of sp³-hybridized carbons (Fsp3) is 0.176. The van der Waals surface area contributed by atoms with Gasteiger partial charge in [0.1, 0.15) is 0 Å². The lowest BCUT2D eigenvalue weighted by molar-refractivity contribution is -0.385. The summed E-state index contributed by atoms with van der Waals surface area (Å²) in [7, 11) is 0. The Morgan fingerprint density at radius 3 is 2.46 bits per heavy atom. The van der Waals surface area contributed by atoms with E-state index in [2.05, 4.69) is 26.6 Å². The van der Waals surface area contributed by atoms with E-state index in [9.17, 15) is 32.9 Å². The molecular weight excluding hydrogens is 447 g/mol. The molecule has 0 saturated carbocycles. The molecule has 0 atom stereocenters. The van der Waals surface area contributed by atoms with Gasteiger partial charge in [0.25, 0.3) is 11.6 Å². The van der Waals surface area contributed by atoms with Crippen LogP contribution in [0.3, 0.4) is 0 Å². The molecule has 0 bridgehead atoms. The van der Waals surface area contributed by atoms with E-state index in [0.717, 1.165) is 18.2 Å². The number of anilines is 1. The van der Waals surface area contributed by atoms with Crippen molar-refractivity contribution >= 4 is 39.1 Å². The number of benzene rings is 2. The highest BCUT2D eigenvalue weighted by molar-refractivity contribution is 9.10. The van der Waals surface area contributed by atoms with Gasteiger partial charge in [-0.3, -0.25) is 19.7 Å². The summed E-state index contributed by atoms with van der Waals surface area (Å²) in [5.74, 6) is -1.49. The van der Waals surface area contributed by atoms with Gasteiger partial charge in [-0.25, -0.2) is 0 Å². The molecule has 148 valence electrons. The molecule has 0 aliphatic rings. The molecule has 11 heteroatoms. The maximum absolute atomic E-state index is 12.9. The van der Waals surface area contributed by atoms with Gasteiger partial charge in [0.15, 0.2) is 0 Å². The lowest BCUT2D eigenvalue weighted by atomic mass is 10.1. The van der Waals surface area contributed by atoms with Crippen molar-refractivity contribution in [1.29, 1.82) is 0 Å². The molecule has 0 radical (unpaired) electrons. The highest BCUT2D eigenvalue weighted by atomic mass is 79.9. The smallest absolute Gasteiger partial charge is 0.343 e. The number of nitrogens with zero attached hydrogens (tertiary/aromatic N) is 1. The van der Waals surface area contributed by atoms with Crippen LogP contribution in [0.15, 0.2) is 40.9 Å². The van der Waals surface area contributed by atoms with Gasteiger partial charge in [0, 0.05) is 27.4 Å². The number of hydrogen-bond donors (Lipinski definition) is 2. The largest absolute Gasteiger partial charge is 0.417 e. The Labute approximate surface area is 165 Å². The minimum atomic E-state index is -4.60. The second-order valence-corrected chi connectivity index (χ2v) is 6.54. The third kappa shape index (κ3) is 5.28. The summed E-state index contributed by atoms with van der Waals surface area (Å²) in [5, 5.41) is 15.4. The summed E-state index contributed by atoms with van der Waals surface area (Å²) in [6.07, 6.45) is -4.60. The van der Waals surface area contributed by atoms with Gasteiger partial charge in [-0.1, -0.05) is 22.0 Å². The molecule has 0 aliphatic heterocycles. The van der Waals surface area contributed by atoms with Crippen molar-refractivity contribution in [2.24, 2.45) is 0 Å². The van der Waals surface area contributed by atoms with Crippen LogP contribution in [-0.2, 0) is 11.0 Å². The number of nitro groups is 1. The zero-order chi connectivity index (χ0) is 21.1. The van der Waals surface area contributed by atoms with E-state index in [1.165, 1.54) is 25.1 Å². The molecule has 2 amide bonds. The Bertz CT molecular complexity index is 948. The summed E-state index contributed by atoms with van der Waals surface area (Å²) < 4.78 is 38.5. The summed E-state index contributed by atoms with van der Waals surface area (Å²) in [5.41, 5.74) is -0.947. The second-order valence-electron chi connectivity index (χ2n) is 5.68. The fourth-order valence-corrected chi connectivity index (χ4v) is 2.71. The predicted octanol–water partition coefficient (Wildman–Crippen LogP) is 4.05. The number of nitro benzene ring substituents is 1. The Morgan fingerprint density at radius 1 is 1.18 bits per heavy atom. The lowest BCUT2D eigenvalue weighted by Gasteiger charge is -2.12. The van der Waals surface area contributed by atoms with Crippen molar-refractivity contribution in [2.75, 3.05) is 11.9 Å². The van der Waals surface area contributed by atoms with Crippen LogP contribution in [0.1, 0.15) is 21.5 Å². The van der Waals surface area contributed by atoms with Gasteiger partial charge >= 0.3 is 6.18 Å². The molecule has 7 nitrogen and oxygen atoms in total. The number of aryl methyl sites for hydroxylation is 1. The van der Waals surface area contributed by atoms with Gasteiger partial charge in [-0.05, 0) is 31.2 Å². The van der Waals surface area contributed by atoms with E-state index in [1.807, 2.05) is 0 Å². The number of amides is 2. The summed E-state index contributed by atoms with van der Waals surface area (Å²) in [4.78, 5) is 34.2. The summed E-state index contributed by atoms with van der Waals surface area (Å²) in [6, 6.07) is 7.00. The number of rotatable bonds is 5.